The second-order valence-electron chi connectivity index (χ2n) is 5.66. The van der Waals surface area contributed by atoms with Crippen LogP contribution >= 0.6 is 0 Å². The van der Waals surface area contributed by atoms with Crippen molar-refractivity contribution in [2.75, 3.05) is 23.3 Å². The third-order valence-electron chi connectivity index (χ3n) is 3.89. The van der Waals surface area contributed by atoms with E-state index in [4.69, 9.17) is 0 Å². The van der Waals surface area contributed by atoms with Crippen LogP contribution in [0.25, 0.3) is 0 Å². The average molecular weight is 338 g/mol. The van der Waals surface area contributed by atoms with Crippen LogP contribution in [-0.4, -0.2) is 35.8 Å². The van der Waals surface area contributed by atoms with Gasteiger partial charge in [-0.1, -0.05) is 0 Å². The molecule has 1 aliphatic rings. The largest absolute Gasteiger partial charge is 0.343 e. The smallest absolute Gasteiger partial charge is 0.251 e. The van der Waals surface area contributed by atoms with Gasteiger partial charge in [0.15, 0.2) is 0 Å². The van der Waals surface area contributed by atoms with Gasteiger partial charge in [-0.15, -0.1) is 0 Å². The highest BCUT2D eigenvalue weighted by atomic mass is 16.2. The minimum absolute atomic E-state index is 0.102. The Kier molecular flexibility index (Phi) is 5.03. The van der Waals surface area contributed by atoms with E-state index in [0.29, 0.717) is 24.2 Å². The molecule has 0 spiro atoms. The molecular weight excluding hydrogens is 320 g/mol. The molecule has 1 aliphatic heterocycles. The van der Waals surface area contributed by atoms with E-state index in [1.165, 1.54) is 0 Å². The summed E-state index contributed by atoms with van der Waals surface area (Å²) in [6.07, 6.45) is 4.56. The van der Waals surface area contributed by atoms with Gasteiger partial charge >= 0.3 is 0 Å². The van der Waals surface area contributed by atoms with Crippen LogP contribution in [0.2, 0.25) is 0 Å². The Morgan fingerprint density at radius 3 is 2.44 bits per heavy atom. The van der Waals surface area contributed by atoms with Crippen LogP contribution in [0.5, 0.6) is 0 Å². The molecule has 3 amide bonds. The molecule has 2 heterocycles. The lowest BCUT2D eigenvalue weighted by molar-refractivity contribution is -0.117. The molecule has 3 rings (SSSR count). The van der Waals surface area contributed by atoms with Crippen LogP contribution in [-0.2, 0) is 9.59 Å². The molecule has 25 heavy (non-hydrogen) atoms. The molecule has 128 valence electrons. The van der Waals surface area contributed by atoms with Crippen LogP contribution in [0.1, 0.15) is 23.2 Å². The van der Waals surface area contributed by atoms with Crippen molar-refractivity contribution in [1.82, 2.24) is 10.3 Å². The van der Waals surface area contributed by atoms with Crippen molar-refractivity contribution in [3.05, 3.63) is 54.4 Å². The number of pyridine rings is 1. The second-order valence-corrected chi connectivity index (χ2v) is 5.66. The first-order valence-electron chi connectivity index (χ1n) is 8.02. The standard InChI is InChI=1S/C18H18N4O3/c23-16(21-14-7-9-19-10-8-14)12-20-18(25)13-3-5-15(6-4-13)22-11-1-2-17(22)24/h3-10H,1-2,11-12H2,(H,20,25)(H,19,21,23). The lowest BCUT2D eigenvalue weighted by Crippen LogP contribution is -2.32. The number of amides is 3. The molecule has 1 saturated heterocycles. The van der Waals surface area contributed by atoms with Gasteiger partial charge in [-0.05, 0) is 42.8 Å². The predicted octanol–water partition coefficient (Wildman–Crippen LogP) is 1.58. The van der Waals surface area contributed by atoms with Gasteiger partial charge < -0.3 is 15.5 Å². The monoisotopic (exact) mass is 338 g/mol. The Morgan fingerprint density at radius 2 is 1.80 bits per heavy atom. The zero-order valence-electron chi connectivity index (χ0n) is 13.6. The number of nitrogens with one attached hydrogen (secondary N) is 2. The van der Waals surface area contributed by atoms with E-state index in [9.17, 15) is 14.4 Å². The molecule has 1 aromatic heterocycles. The molecule has 0 atom stereocenters. The number of carbonyl (C=O) groups is 3. The molecule has 7 heteroatoms. The summed E-state index contributed by atoms with van der Waals surface area (Å²) >= 11 is 0. The number of nitrogens with zero attached hydrogens (tertiary/aromatic N) is 2. The number of hydrogen-bond acceptors (Lipinski definition) is 4. The highest BCUT2D eigenvalue weighted by Crippen LogP contribution is 2.21. The third-order valence-corrected chi connectivity index (χ3v) is 3.89. The van der Waals surface area contributed by atoms with Crippen LogP contribution in [0, 0.1) is 0 Å². The molecule has 0 unspecified atom stereocenters. The molecule has 0 aliphatic carbocycles. The van der Waals surface area contributed by atoms with Crippen LogP contribution in [0.3, 0.4) is 0 Å². The van der Waals surface area contributed by atoms with Gasteiger partial charge in [-0.3, -0.25) is 19.4 Å². The third kappa shape index (κ3) is 4.20. The maximum absolute atomic E-state index is 12.1. The van der Waals surface area contributed by atoms with Crippen molar-refractivity contribution in [2.24, 2.45) is 0 Å². The summed E-state index contributed by atoms with van der Waals surface area (Å²) in [5.41, 5.74) is 1.84. The van der Waals surface area contributed by atoms with Crippen LogP contribution in [0.15, 0.2) is 48.8 Å². The number of carbonyl (C=O) groups excluding carboxylic acids is 3. The first-order valence-corrected chi connectivity index (χ1v) is 8.02. The van der Waals surface area contributed by atoms with Crippen LogP contribution < -0.4 is 15.5 Å². The van der Waals surface area contributed by atoms with Crippen LogP contribution in [0.4, 0.5) is 11.4 Å². The van der Waals surface area contributed by atoms with Crippen molar-refractivity contribution in [1.29, 1.82) is 0 Å². The fourth-order valence-corrected chi connectivity index (χ4v) is 2.62. The Morgan fingerprint density at radius 1 is 1.08 bits per heavy atom. The van der Waals surface area contributed by atoms with Crippen molar-refractivity contribution >= 4 is 29.1 Å². The molecule has 7 nitrogen and oxygen atoms in total. The van der Waals surface area contributed by atoms with E-state index in [1.807, 2.05) is 0 Å². The van der Waals surface area contributed by atoms with Gasteiger partial charge in [0.1, 0.15) is 0 Å². The van der Waals surface area contributed by atoms with Gasteiger partial charge in [-0.2, -0.15) is 0 Å². The van der Waals surface area contributed by atoms with E-state index in [2.05, 4.69) is 15.6 Å². The molecule has 1 fully saturated rings. The number of hydrogen-bond donors (Lipinski definition) is 2. The number of benzene rings is 1. The fraction of sp³-hybridized carbons (Fsp3) is 0.222. The predicted molar refractivity (Wildman–Crippen MR) is 93.2 cm³/mol. The second kappa shape index (κ2) is 7.57. The maximum Gasteiger partial charge on any atom is 0.251 e. The van der Waals surface area contributed by atoms with Gasteiger partial charge in [0, 0.05) is 42.3 Å². The number of anilines is 2. The summed E-state index contributed by atoms with van der Waals surface area (Å²) in [4.78, 5) is 41.2. The van der Waals surface area contributed by atoms with E-state index < -0.39 is 0 Å². The molecule has 0 radical (unpaired) electrons. The lowest BCUT2D eigenvalue weighted by Gasteiger charge is -2.15. The summed E-state index contributed by atoms with van der Waals surface area (Å²) in [5, 5.41) is 5.23. The summed E-state index contributed by atoms with van der Waals surface area (Å²) in [5.74, 6) is -0.562. The van der Waals surface area contributed by atoms with Gasteiger partial charge in [-0.25, -0.2) is 0 Å². The number of rotatable bonds is 5. The summed E-state index contributed by atoms with van der Waals surface area (Å²) in [6.45, 7) is 0.576. The van der Waals surface area contributed by atoms with E-state index in [0.717, 1.165) is 12.1 Å². The lowest BCUT2D eigenvalue weighted by atomic mass is 10.2. The van der Waals surface area contributed by atoms with E-state index in [1.54, 1.807) is 53.7 Å². The molecule has 2 N–H and O–H groups in total. The quantitative estimate of drug-likeness (QED) is 0.866. The first kappa shape index (κ1) is 16.6. The summed E-state index contributed by atoms with van der Waals surface area (Å²) < 4.78 is 0. The summed E-state index contributed by atoms with van der Waals surface area (Å²) in [6, 6.07) is 10.1. The van der Waals surface area contributed by atoms with Crippen molar-refractivity contribution in [3.8, 4) is 0 Å². The normalized spacial score (nSPS) is 13.6. The highest BCUT2D eigenvalue weighted by Gasteiger charge is 2.21. The van der Waals surface area contributed by atoms with Crippen molar-refractivity contribution in [3.63, 3.8) is 0 Å². The molecule has 2 aromatic rings. The zero-order valence-corrected chi connectivity index (χ0v) is 13.6. The Hall–Kier alpha value is -3.22. The summed E-state index contributed by atoms with van der Waals surface area (Å²) in [7, 11) is 0. The van der Waals surface area contributed by atoms with Crippen molar-refractivity contribution < 1.29 is 14.4 Å². The SMILES string of the molecule is O=C(CNC(=O)c1ccc(N2CCCC2=O)cc1)Nc1ccncc1. The zero-order chi connectivity index (χ0) is 17.6. The molecular formula is C18H18N4O3. The topological polar surface area (TPSA) is 91.4 Å². The van der Waals surface area contributed by atoms with Gasteiger partial charge in [0.05, 0.1) is 6.54 Å². The maximum atomic E-state index is 12.1. The highest BCUT2D eigenvalue weighted by molar-refractivity contribution is 6.00. The van der Waals surface area contributed by atoms with Gasteiger partial charge in [0.2, 0.25) is 11.8 Å². The van der Waals surface area contributed by atoms with Crippen molar-refractivity contribution in [2.45, 2.75) is 12.8 Å². The molecule has 0 bridgehead atoms. The minimum atomic E-state index is -0.343. The number of aromatic nitrogens is 1. The Bertz CT molecular complexity index is 775. The fourth-order valence-electron chi connectivity index (χ4n) is 2.62. The molecule has 0 saturated carbocycles. The average Bonchev–Trinajstić information content (AvgIpc) is 3.07. The van der Waals surface area contributed by atoms with Gasteiger partial charge in [0.25, 0.3) is 5.91 Å². The first-order chi connectivity index (χ1) is 12.1. The Balaban J connectivity index is 1.52. The Labute approximate surface area is 145 Å². The van der Waals surface area contributed by atoms with E-state index in [-0.39, 0.29) is 24.3 Å². The minimum Gasteiger partial charge on any atom is -0.343 e. The van der Waals surface area contributed by atoms with E-state index >= 15 is 0 Å². The molecule has 1 aromatic carbocycles.